The Morgan fingerprint density at radius 2 is 1.64 bits per heavy atom. The Kier molecular flexibility index (Phi) is 6.21. The molecule has 1 aromatic carbocycles. The van der Waals surface area contributed by atoms with Gasteiger partial charge in [-0.3, -0.25) is 0 Å². The largest absolute Gasteiger partial charge is 0.460 e. The summed E-state index contributed by atoms with van der Waals surface area (Å²) >= 11 is 3.02. The molecule has 0 aliphatic carbocycles. The van der Waals surface area contributed by atoms with Gasteiger partial charge in [-0.15, -0.1) is 5.10 Å². The lowest BCUT2D eigenvalue weighted by molar-refractivity contribution is -0.143. The summed E-state index contributed by atoms with van der Waals surface area (Å²) in [6.07, 6.45) is -8.35. The molecule has 0 atom stereocenters. The SMILES string of the molecule is CC(C)OC(=O)/C=C(/Br)n1cnc(-c2cc(C(F)(F)F)cc(C(F)(F)F)c2)n1. The first-order valence-corrected chi connectivity index (χ1v) is 8.36. The van der Waals surface area contributed by atoms with E-state index < -0.39 is 35.0 Å². The van der Waals surface area contributed by atoms with E-state index in [-0.39, 0.29) is 22.6 Å². The van der Waals surface area contributed by atoms with E-state index >= 15 is 0 Å². The van der Waals surface area contributed by atoms with Crippen LogP contribution in [0.3, 0.4) is 0 Å². The van der Waals surface area contributed by atoms with E-state index in [2.05, 4.69) is 26.0 Å². The average Bonchev–Trinajstić information content (AvgIpc) is 3.02. The third-order valence-electron chi connectivity index (χ3n) is 3.15. The van der Waals surface area contributed by atoms with E-state index in [0.29, 0.717) is 12.1 Å². The highest BCUT2D eigenvalue weighted by molar-refractivity contribution is 9.14. The monoisotopic (exact) mass is 471 g/mol. The molecule has 0 aliphatic heterocycles. The van der Waals surface area contributed by atoms with E-state index in [1.807, 2.05) is 0 Å². The van der Waals surface area contributed by atoms with Crippen molar-refractivity contribution in [2.45, 2.75) is 32.3 Å². The highest BCUT2D eigenvalue weighted by Crippen LogP contribution is 2.38. The Hall–Kier alpha value is -2.37. The summed E-state index contributed by atoms with van der Waals surface area (Å²) in [6.45, 7) is 3.25. The maximum Gasteiger partial charge on any atom is 0.416 e. The minimum Gasteiger partial charge on any atom is -0.460 e. The molecule has 0 fully saturated rings. The summed E-state index contributed by atoms with van der Waals surface area (Å²) in [5.41, 5.74) is -3.45. The molecule has 0 spiro atoms. The number of aromatic nitrogens is 3. The summed E-state index contributed by atoms with van der Waals surface area (Å²) in [7, 11) is 0. The summed E-state index contributed by atoms with van der Waals surface area (Å²) in [5, 5.41) is 3.81. The first kappa shape index (κ1) is 21.9. The van der Waals surface area contributed by atoms with Crippen LogP contribution in [0.25, 0.3) is 16.0 Å². The molecule has 1 heterocycles. The number of hydrogen-bond acceptors (Lipinski definition) is 4. The van der Waals surface area contributed by atoms with Gasteiger partial charge in [0, 0.05) is 5.56 Å². The van der Waals surface area contributed by atoms with Crippen molar-refractivity contribution in [3.05, 3.63) is 41.7 Å². The predicted molar refractivity (Wildman–Crippen MR) is 89.9 cm³/mol. The Balaban J connectivity index is 2.44. The van der Waals surface area contributed by atoms with Crippen molar-refractivity contribution in [2.75, 3.05) is 0 Å². The van der Waals surface area contributed by atoms with Crippen LogP contribution in [0.2, 0.25) is 0 Å². The van der Waals surface area contributed by atoms with Crippen molar-refractivity contribution in [2.24, 2.45) is 0 Å². The fourth-order valence-electron chi connectivity index (χ4n) is 2.01. The third kappa shape index (κ3) is 5.57. The second-order valence-corrected chi connectivity index (χ2v) is 6.57. The molecule has 0 amide bonds. The summed E-state index contributed by atoms with van der Waals surface area (Å²) < 4.78 is 83.6. The lowest BCUT2D eigenvalue weighted by Gasteiger charge is -2.13. The molecule has 2 rings (SSSR count). The van der Waals surface area contributed by atoms with E-state index in [4.69, 9.17) is 4.74 Å². The summed E-state index contributed by atoms with van der Waals surface area (Å²) in [4.78, 5) is 15.3. The van der Waals surface area contributed by atoms with Crippen molar-refractivity contribution in [1.29, 1.82) is 0 Å². The Morgan fingerprint density at radius 3 is 2.11 bits per heavy atom. The van der Waals surface area contributed by atoms with Gasteiger partial charge >= 0.3 is 18.3 Å². The van der Waals surface area contributed by atoms with E-state index in [0.717, 1.165) is 17.1 Å². The van der Waals surface area contributed by atoms with Gasteiger partial charge in [0.25, 0.3) is 0 Å². The molecule has 28 heavy (non-hydrogen) atoms. The molecular formula is C16H12BrF6N3O2. The van der Waals surface area contributed by atoms with Crippen molar-refractivity contribution in [3.63, 3.8) is 0 Å². The highest BCUT2D eigenvalue weighted by Gasteiger charge is 2.37. The topological polar surface area (TPSA) is 57.0 Å². The number of rotatable bonds is 4. The highest BCUT2D eigenvalue weighted by atomic mass is 79.9. The standard InChI is InChI=1S/C16H12BrF6N3O2/c1-8(2)28-13(27)6-12(17)26-7-24-14(25-26)9-3-10(15(18,19)20)5-11(4-9)16(21,22)23/h3-8H,1-2H3/b12-6-. The lowest BCUT2D eigenvalue weighted by atomic mass is 10.0. The Labute approximate surface area is 163 Å². The van der Waals surface area contributed by atoms with Crippen LogP contribution < -0.4 is 0 Å². The maximum atomic E-state index is 13.0. The number of carbonyl (C=O) groups excluding carboxylic acids is 1. The van der Waals surface area contributed by atoms with Crippen molar-refractivity contribution < 1.29 is 35.9 Å². The fraction of sp³-hybridized carbons (Fsp3) is 0.312. The zero-order valence-electron chi connectivity index (χ0n) is 14.3. The zero-order chi connectivity index (χ0) is 21.3. The molecule has 0 aliphatic rings. The van der Waals surface area contributed by atoms with Crippen LogP contribution >= 0.6 is 15.9 Å². The molecule has 12 heteroatoms. The molecular weight excluding hydrogens is 460 g/mol. The number of ether oxygens (including phenoxy) is 1. The molecule has 0 bridgehead atoms. The number of alkyl halides is 6. The van der Waals surface area contributed by atoms with Crippen LogP contribution in [-0.4, -0.2) is 26.8 Å². The Bertz CT molecular complexity index is 870. The van der Waals surface area contributed by atoms with Gasteiger partial charge in [-0.1, -0.05) is 0 Å². The van der Waals surface area contributed by atoms with Crippen LogP contribution in [0.15, 0.2) is 30.6 Å². The van der Waals surface area contributed by atoms with Crippen molar-refractivity contribution in [1.82, 2.24) is 14.8 Å². The van der Waals surface area contributed by atoms with Gasteiger partial charge in [-0.25, -0.2) is 14.5 Å². The molecule has 0 unspecified atom stereocenters. The van der Waals surface area contributed by atoms with Gasteiger partial charge in [0.2, 0.25) is 0 Å². The summed E-state index contributed by atoms with van der Waals surface area (Å²) in [6, 6.07) is 1.04. The van der Waals surface area contributed by atoms with Crippen LogP contribution in [-0.2, 0) is 21.9 Å². The fourth-order valence-corrected chi connectivity index (χ4v) is 2.37. The number of hydrogen-bond donors (Lipinski definition) is 0. The lowest BCUT2D eigenvalue weighted by Crippen LogP contribution is -2.11. The van der Waals surface area contributed by atoms with Crippen LogP contribution in [0, 0.1) is 0 Å². The van der Waals surface area contributed by atoms with E-state index in [1.165, 1.54) is 0 Å². The maximum absolute atomic E-state index is 13.0. The molecule has 5 nitrogen and oxygen atoms in total. The smallest absolute Gasteiger partial charge is 0.416 e. The number of esters is 1. The van der Waals surface area contributed by atoms with Crippen LogP contribution in [0.1, 0.15) is 25.0 Å². The van der Waals surface area contributed by atoms with Crippen LogP contribution in [0.4, 0.5) is 26.3 Å². The quantitative estimate of drug-likeness (QED) is 0.352. The van der Waals surface area contributed by atoms with Gasteiger partial charge < -0.3 is 4.74 Å². The molecule has 0 N–H and O–H groups in total. The molecule has 152 valence electrons. The van der Waals surface area contributed by atoms with Gasteiger partial charge in [0.15, 0.2) is 5.82 Å². The number of benzene rings is 1. The second-order valence-electron chi connectivity index (χ2n) is 5.76. The molecule has 1 aromatic heterocycles. The first-order valence-electron chi connectivity index (χ1n) is 7.57. The van der Waals surface area contributed by atoms with E-state index in [9.17, 15) is 31.1 Å². The molecule has 2 aromatic rings. The minimum atomic E-state index is -4.99. The van der Waals surface area contributed by atoms with E-state index in [1.54, 1.807) is 13.8 Å². The van der Waals surface area contributed by atoms with Crippen molar-refractivity contribution >= 4 is 26.5 Å². The zero-order valence-corrected chi connectivity index (χ0v) is 15.9. The predicted octanol–water partition coefficient (Wildman–Crippen LogP) is 5.13. The van der Waals surface area contributed by atoms with Crippen LogP contribution in [0.5, 0.6) is 0 Å². The number of carbonyl (C=O) groups is 1. The third-order valence-corrected chi connectivity index (χ3v) is 3.74. The molecule has 0 saturated carbocycles. The second kappa shape index (κ2) is 7.94. The minimum absolute atomic E-state index is 0.0121. The molecule has 0 saturated heterocycles. The van der Waals surface area contributed by atoms with Gasteiger partial charge in [0.1, 0.15) is 10.9 Å². The Morgan fingerprint density at radius 1 is 1.11 bits per heavy atom. The van der Waals surface area contributed by atoms with Gasteiger partial charge in [-0.2, -0.15) is 26.3 Å². The van der Waals surface area contributed by atoms with Gasteiger partial charge in [-0.05, 0) is 48.0 Å². The normalized spacial score (nSPS) is 13.1. The molecule has 0 radical (unpaired) electrons. The number of nitrogens with zero attached hydrogens (tertiary/aromatic N) is 3. The first-order chi connectivity index (χ1) is 12.8. The summed E-state index contributed by atoms with van der Waals surface area (Å²) in [5.74, 6) is -1.11. The van der Waals surface area contributed by atoms with Crippen molar-refractivity contribution in [3.8, 4) is 11.4 Å². The van der Waals surface area contributed by atoms with Gasteiger partial charge in [0.05, 0.1) is 23.3 Å². The average molecular weight is 472 g/mol. The number of halogens is 7.